The number of nitrogens with zero attached hydrogens (tertiary/aromatic N) is 8. The van der Waals surface area contributed by atoms with Crippen molar-refractivity contribution in [3.8, 4) is 17.3 Å². The van der Waals surface area contributed by atoms with Crippen molar-refractivity contribution in [1.82, 2.24) is 29.0 Å². The van der Waals surface area contributed by atoms with Crippen LogP contribution in [0.4, 0.5) is 5.82 Å². The first kappa shape index (κ1) is 27.5. The Labute approximate surface area is 218 Å². The molecule has 0 atom stereocenters. The van der Waals surface area contributed by atoms with E-state index in [1.54, 1.807) is 39.6 Å². The van der Waals surface area contributed by atoms with Crippen LogP contribution in [-0.4, -0.2) is 83.7 Å². The largest absolute Gasteiger partial charge is 0.352 e. The van der Waals surface area contributed by atoms with Crippen molar-refractivity contribution in [2.24, 2.45) is 7.05 Å². The highest BCUT2D eigenvalue weighted by Gasteiger charge is 2.27. The summed E-state index contributed by atoms with van der Waals surface area (Å²) in [7, 11) is -0.233. The molecule has 1 aromatic carbocycles. The Morgan fingerprint density at radius 2 is 1.75 bits per heavy atom. The highest BCUT2D eigenvalue weighted by molar-refractivity contribution is 7.89. The molecule has 10 nitrogen and oxygen atoms in total. The van der Waals surface area contributed by atoms with Gasteiger partial charge in [0.25, 0.3) is 0 Å². The number of aromatic nitrogens is 4. The molecule has 192 valence electrons. The Morgan fingerprint density at radius 1 is 1.08 bits per heavy atom. The molecule has 0 N–H and O–H groups in total. The third-order valence-electron chi connectivity index (χ3n) is 6.25. The van der Waals surface area contributed by atoms with E-state index in [4.69, 9.17) is 5.26 Å². The summed E-state index contributed by atoms with van der Waals surface area (Å²) in [6.07, 6.45) is 5.33. The second-order valence-electron chi connectivity index (χ2n) is 8.67. The van der Waals surface area contributed by atoms with Crippen LogP contribution in [0.5, 0.6) is 0 Å². The molecule has 0 radical (unpaired) electrons. The normalized spacial score (nSPS) is 14.5. The van der Waals surface area contributed by atoms with Crippen molar-refractivity contribution in [3.63, 3.8) is 0 Å². The Morgan fingerprint density at radius 3 is 2.36 bits per heavy atom. The summed E-state index contributed by atoms with van der Waals surface area (Å²) in [5, 5.41) is 13.1. The van der Waals surface area contributed by atoms with Crippen LogP contribution in [0.1, 0.15) is 11.3 Å². The van der Waals surface area contributed by atoms with Crippen molar-refractivity contribution in [2.45, 2.75) is 18.2 Å². The Kier molecular flexibility index (Phi) is 9.03. The Hall–Kier alpha value is -3.04. The van der Waals surface area contributed by atoms with Gasteiger partial charge >= 0.3 is 0 Å². The SMILES string of the molecule is Cc1nn(C)cc1S(=O)(=O)N(C)CCN1CCN(c2nccnc2-c2ccc(CC#N)cc2)CC1.Cl. The topological polar surface area (TPSA) is 111 Å². The lowest BCUT2D eigenvalue weighted by atomic mass is 10.1. The molecular weight excluding hydrogens is 500 g/mol. The van der Waals surface area contributed by atoms with E-state index in [0.29, 0.717) is 25.2 Å². The van der Waals surface area contributed by atoms with Crippen LogP contribution in [0.15, 0.2) is 47.8 Å². The number of nitriles is 1. The van der Waals surface area contributed by atoms with E-state index < -0.39 is 10.0 Å². The van der Waals surface area contributed by atoms with Crippen LogP contribution < -0.4 is 4.90 Å². The van der Waals surface area contributed by atoms with Gasteiger partial charge in [-0.3, -0.25) is 14.6 Å². The van der Waals surface area contributed by atoms with Crippen molar-refractivity contribution in [1.29, 1.82) is 5.26 Å². The van der Waals surface area contributed by atoms with E-state index in [9.17, 15) is 8.42 Å². The molecule has 0 saturated carbocycles. The highest BCUT2D eigenvalue weighted by atomic mass is 35.5. The number of rotatable bonds is 8. The zero-order valence-electron chi connectivity index (χ0n) is 20.7. The summed E-state index contributed by atoms with van der Waals surface area (Å²) >= 11 is 0. The maximum atomic E-state index is 12.9. The van der Waals surface area contributed by atoms with Crippen molar-refractivity contribution < 1.29 is 8.42 Å². The molecule has 0 unspecified atom stereocenters. The third kappa shape index (κ3) is 6.02. The number of hydrogen-bond acceptors (Lipinski definition) is 8. The van der Waals surface area contributed by atoms with E-state index >= 15 is 0 Å². The predicted molar refractivity (Wildman–Crippen MR) is 140 cm³/mol. The van der Waals surface area contributed by atoms with Crippen molar-refractivity contribution in [2.75, 3.05) is 51.2 Å². The van der Waals surface area contributed by atoms with Gasteiger partial charge in [0.1, 0.15) is 10.6 Å². The molecule has 0 bridgehead atoms. The lowest BCUT2D eigenvalue weighted by molar-refractivity contribution is 0.243. The van der Waals surface area contributed by atoms with E-state index in [1.807, 2.05) is 24.3 Å². The molecule has 0 spiro atoms. The number of halogens is 1. The fraction of sp³-hybridized carbons (Fsp3) is 0.417. The minimum absolute atomic E-state index is 0. The van der Waals surface area contributed by atoms with E-state index in [1.165, 1.54) is 8.99 Å². The summed E-state index contributed by atoms with van der Waals surface area (Å²) < 4.78 is 28.8. The number of hydrogen-bond donors (Lipinski definition) is 0. The number of likely N-dealkylation sites (N-methyl/N-ethyl adjacent to an activating group) is 1. The first-order valence-corrected chi connectivity index (χ1v) is 12.9. The number of piperazine rings is 1. The molecule has 0 aliphatic carbocycles. The van der Waals surface area contributed by atoms with Gasteiger partial charge in [-0.05, 0) is 12.5 Å². The van der Waals surface area contributed by atoms with E-state index in [-0.39, 0.29) is 17.3 Å². The predicted octanol–water partition coefficient (Wildman–Crippen LogP) is 2.12. The number of benzene rings is 1. The molecule has 4 rings (SSSR count). The van der Waals surface area contributed by atoms with Gasteiger partial charge in [-0.25, -0.2) is 13.4 Å². The summed E-state index contributed by atoms with van der Waals surface area (Å²) in [4.78, 5) is 13.9. The zero-order chi connectivity index (χ0) is 25.0. The Balaban J connectivity index is 0.00000361. The number of sulfonamides is 1. The molecule has 1 saturated heterocycles. The summed E-state index contributed by atoms with van der Waals surface area (Å²) in [5.41, 5.74) is 3.27. The van der Waals surface area contributed by atoms with Gasteiger partial charge in [0.2, 0.25) is 10.0 Å². The monoisotopic (exact) mass is 530 g/mol. The first-order chi connectivity index (χ1) is 16.8. The quantitative estimate of drug-likeness (QED) is 0.435. The second kappa shape index (κ2) is 11.8. The van der Waals surface area contributed by atoms with Gasteiger partial charge in [0, 0.05) is 77.5 Å². The van der Waals surface area contributed by atoms with Gasteiger partial charge in [-0.2, -0.15) is 14.7 Å². The molecule has 3 aromatic rings. The van der Waals surface area contributed by atoms with Gasteiger partial charge in [-0.1, -0.05) is 24.3 Å². The fourth-order valence-electron chi connectivity index (χ4n) is 4.22. The van der Waals surface area contributed by atoms with Crippen LogP contribution in [0.3, 0.4) is 0 Å². The molecule has 2 aromatic heterocycles. The molecule has 1 aliphatic heterocycles. The second-order valence-corrected chi connectivity index (χ2v) is 10.7. The maximum Gasteiger partial charge on any atom is 0.246 e. The molecular formula is C24H31ClN8O2S. The van der Waals surface area contributed by atoms with Gasteiger partial charge in [0.15, 0.2) is 5.82 Å². The lowest BCUT2D eigenvalue weighted by Gasteiger charge is -2.36. The zero-order valence-corrected chi connectivity index (χ0v) is 22.3. The molecule has 12 heteroatoms. The van der Waals surface area contributed by atoms with Crippen LogP contribution in [0.2, 0.25) is 0 Å². The number of aryl methyl sites for hydroxylation is 2. The number of anilines is 1. The molecule has 36 heavy (non-hydrogen) atoms. The molecule has 0 amide bonds. The van der Waals surface area contributed by atoms with Crippen LogP contribution in [0, 0.1) is 18.3 Å². The van der Waals surface area contributed by atoms with Crippen molar-refractivity contribution >= 4 is 28.2 Å². The van der Waals surface area contributed by atoms with Gasteiger partial charge < -0.3 is 4.90 Å². The van der Waals surface area contributed by atoms with Crippen LogP contribution in [-0.2, 0) is 23.5 Å². The van der Waals surface area contributed by atoms with E-state index in [0.717, 1.165) is 48.8 Å². The minimum atomic E-state index is -3.57. The van der Waals surface area contributed by atoms with Gasteiger partial charge in [0.05, 0.1) is 18.2 Å². The minimum Gasteiger partial charge on any atom is -0.352 e. The average molecular weight is 531 g/mol. The Bertz CT molecular complexity index is 1310. The first-order valence-electron chi connectivity index (χ1n) is 11.5. The summed E-state index contributed by atoms with van der Waals surface area (Å²) in [6.45, 7) is 5.92. The fourth-order valence-corrected chi connectivity index (χ4v) is 5.58. The third-order valence-corrected chi connectivity index (χ3v) is 8.21. The van der Waals surface area contributed by atoms with Crippen LogP contribution >= 0.6 is 12.4 Å². The van der Waals surface area contributed by atoms with E-state index in [2.05, 4.69) is 30.9 Å². The molecule has 1 fully saturated rings. The molecule has 1 aliphatic rings. The van der Waals surface area contributed by atoms with Crippen molar-refractivity contribution in [3.05, 3.63) is 54.1 Å². The standard InChI is InChI=1S/C24H30N8O2S.ClH/c1-19-22(18-29(2)28-19)35(33,34)30(3)12-13-31-14-16-32(17-15-31)24-23(26-10-11-27-24)21-6-4-20(5-7-21)8-9-25;/h4-7,10-11,18H,8,12-17H2,1-3H3;1H. The highest BCUT2D eigenvalue weighted by Crippen LogP contribution is 2.27. The summed E-state index contributed by atoms with van der Waals surface area (Å²) in [6, 6.07) is 10.0. The summed E-state index contributed by atoms with van der Waals surface area (Å²) in [5.74, 6) is 0.840. The molecule has 3 heterocycles. The van der Waals surface area contributed by atoms with Crippen LogP contribution in [0.25, 0.3) is 11.3 Å². The lowest BCUT2D eigenvalue weighted by Crippen LogP contribution is -2.49. The smallest absolute Gasteiger partial charge is 0.246 e. The maximum absolute atomic E-state index is 12.9. The average Bonchev–Trinajstić information content (AvgIpc) is 3.22. The van der Waals surface area contributed by atoms with Gasteiger partial charge in [-0.15, -0.1) is 12.4 Å².